The van der Waals surface area contributed by atoms with E-state index in [2.05, 4.69) is 86.1 Å². The molecule has 3 unspecified atom stereocenters. The highest BCUT2D eigenvalue weighted by molar-refractivity contribution is 5.74. The van der Waals surface area contributed by atoms with Gasteiger partial charge in [0.25, 0.3) is 0 Å². The minimum absolute atomic E-state index is 0.288. The van der Waals surface area contributed by atoms with Crippen molar-refractivity contribution in [3.05, 3.63) is 95.1 Å². The Morgan fingerprint density at radius 3 is 2.19 bits per heavy atom. The minimum Gasteiger partial charge on any atom is -0.341 e. The Balaban J connectivity index is 1.09. The van der Waals surface area contributed by atoms with Crippen LogP contribution in [-0.2, 0) is 26.1 Å². The van der Waals surface area contributed by atoms with Crippen LogP contribution in [0, 0.1) is 0 Å². The zero-order valence-electron chi connectivity index (χ0n) is 24.8. The standard InChI is InChI=1S/C35H45N7/c1-2-12-32-31(11-1)39-34(40-32)25-42(33-13-3-7-28-8-4-20-38-35(28)33)22-27-16-14-26(15-17-27)21-41(23-29-9-5-18-36-29)24-30-10-6-19-37-30/h1-2,4,8,11-12,14-17,20,29-30,33,36-37H,3,5-7,9-10,13,18-19,21-25H2,(H,39,40). The van der Waals surface area contributed by atoms with Gasteiger partial charge in [0.2, 0.25) is 0 Å². The summed E-state index contributed by atoms with van der Waals surface area (Å²) in [6.45, 7) is 7.27. The molecule has 3 atom stereocenters. The Labute approximate surface area is 250 Å². The van der Waals surface area contributed by atoms with E-state index in [0.717, 1.165) is 62.4 Å². The highest BCUT2D eigenvalue weighted by Gasteiger charge is 2.28. The molecule has 7 rings (SSSR count). The van der Waals surface area contributed by atoms with E-state index in [4.69, 9.17) is 9.97 Å². The van der Waals surface area contributed by atoms with E-state index in [0.29, 0.717) is 12.1 Å². The molecule has 42 heavy (non-hydrogen) atoms. The molecule has 220 valence electrons. The maximum Gasteiger partial charge on any atom is 0.121 e. The lowest BCUT2D eigenvalue weighted by Crippen LogP contribution is -2.43. The predicted octanol–water partition coefficient (Wildman–Crippen LogP) is 5.34. The number of hydrogen-bond acceptors (Lipinski definition) is 6. The highest BCUT2D eigenvalue weighted by Crippen LogP contribution is 2.35. The molecule has 2 aromatic heterocycles. The first kappa shape index (κ1) is 27.7. The molecule has 4 aromatic rings. The van der Waals surface area contributed by atoms with Crippen LogP contribution in [0.15, 0.2) is 66.9 Å². The number of aryl methyl sites for hydroxylation is 1. The number of aromatic nitrogens is 3. The average molecular weight is 564 g/mol. The van der Waals surface area contributed by atoms with Crippen LogP contribution in [0.3, 0.4) is 0 Å². The first-order chi connectivity index (χ1) is 20.8. The maximum atomic E-state index is 4.94. The van der Waals surface area contributed by atoms with E-state index in [9.17, 15) is 0 Å². The van der Waals surface area contributed by atoms with Crippen molar-refractivity contribution in [1.82, 2.24) is 35.4 Å². The largest absolute Gasteiger partial charge is 0.341 e. The van der Waals surface area contributed by atoms with E-state index >= 15 is 0 Å². The third-order valence-electron chi connectivity index (χ3n) is 9.49. The number of H-pyrrole nitrogens is 1. The zero-order chi connectivity index (χ0) is 28.1. The molecule has 0 bridgehead atoms. The molecule has 3 N–H and O–H groups in total. The molecular weight excluding hydrogens is 518 g/mol. The maximum absolute atomic E-state index is 4.94. The quantitative estimate of drug-likeness (QED) is 0.229. The van der Waals surface area contributed by atoms with Gasteiger partial charge < -0.3 is 15.6 Å². The first-order valence-electron chi connectivity index (χ1n) is 16.2. The molecule has 7 nitrogen and oxygen atoms in total. The second-order valence-corrected chi connectivity index (χ2v) is 12.7. The van der Waals surface area contributed by atoms with E-state index in [1.54, 1.807) is 0 Å². The van der Waals surface area contributed by atoms with Crippen LogP contribution >= 0.6 is 0 Å². The molecule has 2 fully saturated rings. The molecule has 7 heteroatoms. The van der Waals surface area contributed by atoms with E-state index in [-0.39, 0.29) is 6.04 Å². The van der Waals surface area contributed by atoms with Crippen molar-refractivity contribution in [2.45, 2.75) is 82.7 Å². The smallest absolute Gasteiger partial charge is 0.121 e. The number of para-hydroxylation sites is 2. The Kier molecular flexibility index (Phi) is 8.61. The predicted molar refractivity (Wildman–Crippen MR) is 169 cm³/mol. The Hall–Kier alpha value is -3.10. The molecule has 3 aliphatic rings. The third-order valence-corrected chi connectivity index (χ3v) is 9.49. The summed E-state index contributed by atoms with van der Waals surface area (Å²) < 4.78 is 0. The number of hydrogen-bond donors (Lipinski definition) is 3. The van der Waals surface area contributed by atoms with Crippen LogP contribution in [0.4, 0.5) is 0 Å². The number of fused-ring (bicyclic) bond motifs is 2. The molecule has 2 aliphatic heterocycles. The van der Waals surface area contributed by atoms with Crippen molar-refractivity contribution in [3.63, 3.8) is 0 Å². The van der Waals surface area contributed by atoms with Crippen LogP contribution in [0.25, 0.3) is 11.0 Å². The molecule has 2 aromatic carbocycles. The number of benzene rings is 2. The van der Waals surface area contributed by atoms with Gasteiger partial charge in [0.1, 0.15) is 5.82 Å². The first-order valence-corrected chi connectivity index (χ1v) is 16.2. The third kappa shape index (κ3) is 6.60. The van der Waals surface area contributed by atoms with Crippen molar-refractivity contribution in [3.8, 4) is 0 Å². The van der Waals surface area contributed by atoms with E-state index in [1.165, 1.54) is 67.6 Å². The van der Waals surface area contributed by atoms with Crippen LogP contribution in [0.1, 0.15) is 72.8 Å². The second kappa shape index (κ2) is 13.0. The number of nitrogens with zero attached hydrogens (tertiary/aromatic N) is 4. The average Bonchev–Trinajstić information content (AvgIpc) is 3.80. The lowest BCUT2D eigenvalue weighted by molar-refractivity contribution is 0.153. The lowest BCUT2D eigenvalue weighted by atomic mass is 9.90. The summed E-state index contributed by atoms with van der Waals surface area (Å²) in [5.74, 6) is 1.02. The summed E-state index contributed by atoms with van der Waals surface area (Å²) in [6, 6.07) is 23.6. The zero-order valence-corrected chi connectivity index (χ0v) is 24.8. The summed E-state index contributed by atoms with van der Waals surface area (Å²) in [5.41, 5.74) is 7.52. The summed E-state index contributed by atoms with van der Waals surface area (Å²) in [7, 11) is 0. The van der Waals surface area contributed by atoms with Crippen LogP contribution in [0.2, 0.25) is 0 Å². The minimum atomic E-state index is 0.288. The Morgan fingerprint density at radius 2 is 1.48 bits per heavy atom. The summed E-state index contributed by atoms with van der Waals surface area (Å²) in [5, 5.41) is 7.43. The van der Waals surface area contributed by atoms with Crippen molar-refractivity contribution in [1.29, 1.82) is 0 Å². The van der Waals surface area contributed by atoms with E-state index < -0.39 is 0 Å². The molecule has 0 radical (unpaired) electrons. The van der Waals surface area contributed by atoms with Gasteiger partial charge in [-0.1, -0.05) is 42.5 Å². The summed E-state index contributed by atoms with van der Waals surface area (Å²) >= 11 is 0. The van der Waals surface area contributed by atoms with Gasteiger partial charge in [-0.15, -0.1) is 0 Å². The molecule has 0 saturated carbocycles. The second-order valence-electron chi connectivity index (χ2n) is 12.7. The molecular formula is C35H45N7. The van der Waals surface area contributed by atoms with Gasteiger partial charge in [0.05, 0.1) is 29.3 Å². The Morgan fingerprint density at radius 1 is 0.738 bits per heavy atom. The van der Waals surface area contributed by atoms with Crippen LogP contribution in [-0.4, -0.2) is 63.0 Å². The summed E-state index contributed by atoms with van der Waals surface area (Å²) in [6.07, 6.45) is 10.6. The van der Waals surface area contributed by atoms with Gasteiger partial charge in [-0.25, -0.2) is 4.98 Å². The molecule has 4 heterocycles. The van der Waals surface area contributed by atoms with Gasteiger partial charge >= 0.3 is 0 Å². The fourth-order valence-electron chi connectivity index (χ4n) is 7.38. The number of pyridine rings is 1. The van der Waals surface area contributed by atoms with Crippen LogP contribution in [0.5, 0.6) is 0 Å². The van der Waals surface area contributed by atoms with Gasteiger partial charge in [0.15, 0.2) is 0 Å². The molecule has 0 spiro atoms. The number of rotatable bonds is 11. The molecule has 0 amide bonds. The summed E-state index contributed by atoms with van der Waals surface area (Å²) in [4.78, 5) is 18.7. The van der Waals surface area contributed by atoms with Gasteiger partial charge in [-0.3, -0.25) is 14.8 Å². The molecule has 1 aliphatic carbocycles. The van der Waals surface area contributed by atoms with Crippen molar-refractivity contribution in [2.24, 2.45) is 0 Å². The molecule has 2 saturated heterocycles. The number of imidazole rings is 1. The fourth-order valence-corrected chi connectivity index (χ4v) is 7.38. The van der Waals surface area contributed by atoms with Crippen molar-refractivity contribution in [2.75, 3.05) is 26.2 Å². The van der Waals surface area contributed by atoms with Crippen molar-refractivity contribution >= 4 is 11.0 Å². The van der Waals surface area contributed by atoms with Crippen molar-refractivity contribution < 1.29 is 0 Å². The van der Waals surface area contributed by atoms with Gasteiger partial charge in [-0.2, -0.15) is 0 Å². The monoisotopic (exact) mass is 563 g/mol. The number of aromatic amines is 1. The highest BCUT2D eigenvalue weighted by atomic mass is 15.2. The number of nitrogens with one attached hydrogen (secondary N) is 3. The van der Waals surface area contributed by atoms with Gasteiger partial charge in [0, 0.05) is 44.5 Å². The van der Waals surface area contributed by atoms with Gasteiger partial charge in [-0.05, 0) is 92.9 Å². The normalized spacial score (nSPS) is 22.4. The fraction of sp³-hybridized carbons (Fsp3) is 0.486. The van der Waals surface area contributed by atoms with Crippen LogP contribution < -0.4 is 10.6 Å². The van der Waals surface area contributed by atoms with E-state index in [1.807, 2.05) is 6.20 Å². The SMILES string of the molecule is c1cnc2c(c1)CCCC2N(Cc1ccc(CN(CC2CCCN2)CC2CCCN2)cc1)Cc1nc2ccccc2[nH]1. The lowest BCUT2D eigenvalue weighted by Gasteiger charge is -2.34. The Bertz CT molecular complexity index is 1380. The topological polar surface area (TPSA) is 72.1 Å².